The molecule has 20 heavy (non-hydrogen) atoms. The van der Waals surface area contributed by atoms with Crippen LogP contribution in [0.15, 0.2) is 29.1 Å². The van der Waals surface area contributed by atoms with Gasteiger partial charge in [-0.05, 0) is 11.6 Å². The number of nitrogens with zero attached hydrogens (tertiary/aromatic N) is 1. The highest BCUT2D eigenvalue weighted by Gasteiger charge is 2.31. The van der Waals surface area contributed by atoms with Crippen molar-refractivity contribution in [1.82, 2.24) is 9.97 Å². The van der Waals surface area contributed by atoms with E-state index in [0.717, 1.165) is 5.56 Å². The molecule has 4 N–H and O–H groups in total. The minimum absolute atomic E-state index is 0.0335. The van der Waals surface area contributed by atoms with E-state index in [4.69, 9.17) is 17.3 Å². The van der Waals surface area contributed by atoms with Gasteiger partial charge in [-0.2, -0.15) is 4.98 Å². The molecule has 0 radical (unpaired) electrons. The lowest BCUT2D eigenvalue weighted by molar-refractivity contribution is -0.116. The number of hydrogen-bond acceptors (Lipinski definition) is 4. The zero-order valence-electron chi connectivity index (χ0n) is 10.3. The molecule has 3 rings (SSSR count). The van der Waals surface area contributed by atoms with E-state index in [1.54, 1.807) is 18.2 Å². The summed E-state index contributed by atoms with van der Waals surface area (Å²) in [7, 11) is 0. The molecule has 0 fully saturated rings. The molecule has 1 atom stereocenters. The second-order valence-electron chi connectivity index (χ2n) is 4.54. The number of hydrogen-bond donors (Lipinski definition) is 3. The van der Waals surface area contributed by atoms with Crippen molar-refractivity contribution in [3.8, 4) is 0 Å². The van der Waals surface area contributed by atoms with Crippen LogP contribution in [0.1, 0.15) is 23.5 Å². The van der Waals surface area contributed by atoms with Gasteiger partial charge in [-0.1, -0.05) is 29.8 Å². The number of amides is 1. The molecule has 1 aliphatic rings. The van der Waals surface area contributed by atoms with E-state index in [1.807, 2.05) is 6.07 Å². The van der Waals surface area contributed by atoms with Gasteiger partial charge < -0.3 is 11.1 Å². The topological polar surface area (TPSA) is 101 Å². The third kappa shape index (κ3) is 2.04. The smallest absolute Gasteiger partial charge is 0.258 e. The third-order valence-electron chi connectivity index (χ3n) is 3.25. The van der Waals surface area contributed by atoms with Crippen molar-refractivity contribution in [2.75, 3.05) is 11.1 Å². The van der Waals surface area contributed by atoms with Crippen LogP contribution in [-0.2, 0) is 4.79 Å². The predicted molar refractivity (Wildman–Crippen MR) is 75.8 cm³/mol. The first-order valence-electron chi connectivity index (χ1n) is 6.00. The average Bonchev–Trinajstić information content (AvgIpc) is 2.37. The number of aromatic amines is 1. The fourth-order valence-electron chi connectivity index (χ4n) is 2.41. The van der Waals surface area contributed by atoms with Gasteiger partial charge >= 0.3 is 0 Å². The van der Waals surface area contributed by atoms with Gasteiger partial charge in [0.15, 0.2) is 0 Å². The van der Waals surface area contributed by atoms with Gasteiger partial charge in [0.1, 0.15) is 5.82 Å². The number of nitrogens with one attached hydrogen (secondary N) is 2. The summed E-state index contributed by atoms with van der Waals surface area (Å²) in [6.45, 7) is 0. The van der Waals surface area contributed by atoms with E-state index in [2.05, 4.69) is 15.3 Å². The summed E-state index contributed by atoms with van der Waals surface area (Å²) in [6.07, 6.45) is 0.144. The number of nitrogen functional groups attached to an aromatic ring is 1. The highest BCUT2D eigenvalue weighted by molar-refractivity contribution is 6.31. The molecule has 0 spiro atoms. The zero-order valence-corrected chi connectivity index (χ0v) is 11.1. The second-order valence-corrected chi connectivity index (χ2v) is 4.95. The number of fused-ring (bicyclic) bond motifs is 1. The largest absolute Gasteiger partial charge is 0.369 e. The number of benzene rings is 1. The molecular formula is C13H11ClN4O2. The molecule has 1 unspecified atom stereocenters. The molecule has 0 aliphatic carbocycles. The Morgan fingerprint density at radius 2 is 2.05 bits per heavy atom. The highest BCUT2D eigenvalue weighted by Crippen LogP contribution is 2.36. The highest BCUT2D eigenvalue weighted by atomic mass is 35.5. The van der Waals surface area contributed by atoms with Crippen molar-refractivity contribution < 1.29 is 4.79 Å². The van der Waals surface area contributed by atoms with Crippen molar-refractivity contribution in [3.05, 3.63) is 50.8 Å². The Morgan fingerprint density at radius 1 is 1.30 bits per heavy atom. The fourth-order valence-corrected chi connectivity index (χ4v) is 2.68. The maximum absolute atomic E-state index is 12.1. The molecule has 102 valence electrons. The van der Waals surface area contributed by atoms with Gasteiger partial charge in [-0.3, -0.25) is 14.6 Å². The van der Waals surface area contributed by atoms with Gasteiger partial charge in [0.2, 0.25) is 11.9 Å². The molecular weight excluding hydrogens is 280 g/mol. The molecule has 2 aromatic rings. The molecule has 0 bridgehead atoms. The molecule has 2 heterocycles. The van der Waals surface area contributed by atoms with Gasteiger partial charge in [0.05, 0.1) is 5.56 Å². The van der Waals surface area contributed by atoms with Crippen LogP contribution in [0.25, 0.3) is 0 Å². The molecule has 1 aliphatic heterocycles. The Balaban J connectivity index is 2.23. The third-order valence-corrected chi connectivity index (χ3v) is 3.59. The van der Waals surface area contributed by atoms with Crippen LogP contribution in [-0.4, -0.2) is 15.9 Å². The van der Waals surface area contributed by atoms with Crippen molar-refractivity contribution in [3.63, 3.8) is 0 Å². The summed E-state index contributed by atoms with van der Waals surface area (Å²) in [6, 6.07) is 7.13. The molecule has 7 heteroatoms. The predicted octanol–water partition coefficient (Wildman–Crippen LogP) is 1.48. The number of anilines is 2. The molecule has 0 saturated heterocycles. The lowest BCUT2D eigenvalue weighted by Gasteiger charge is -2.24. The summed E-state index contributed by atoms with van der Waals surface area (Å²) in [4.78, 5) is 30.3. The zero-order chi connectivity index (χ0) is 14.3. The summed E-state index contributed by atoms with van der Waals surface area (Å²) in [5, 5.41) is 3.08. The fraction of sp³-hybridized carbons (Fsp3) is 0.154. The van der Waals surface area contributed by atoms with E-state index in [1.165, 1.54) is 0 Å². The second kappa shape index (κ2) is 4.64. The summed E-state index contributed by atoms with van der Waals surface area (Å²) in [5.74, 6) is -0.481. The Morgan fingerprint density at radius 3 is 2.80 bits per heavy atom. The number of carbonyl (C=O) groups is 1. The molecule has 6 nitrogen and oxygen atoms in total. The number of carbonyl (C=O) groups excluding carboxylic acids is 1. The Bertz CT molecular complexity index is 756. The van der Waals surface area contributed by atoms with Gasteiger partial charge in [0.25, 0.3) is 5.56 Å². The number of rotatable bonds is 1. The maximum atomic E-state index is 12.1. The quantitative estimate of drug-likeness (QED) is 0.740. The maximum Gasteiger partial charge on any atom is 0.258 e. The van der Waals surface area contributed by atoms with Crippen LogP contribution >= 0.6 is 11.6 Å². The number of aromatic nitrogens is 2. The Hall–Kier alpha value is -2.34. The molecule has 0 saturated carbocycles. The van der Waals surface area contributed by atoms with Crippen LogP contribution < -0.4 is 16.6 Å². The van der Waals surface area contributed by atoms with Crippen LogP contribution in [0.5, 0.6) is 0 Å². The van der Waals surface area contributed by atoms with Crippen molar-refractivity contribution in [2.24, 2.45) is 0 Å². The summed E-state index contributed by atoms with van der Waals surface area (Å²) in [5.41, 5.74) is 6.24. The van der Waals surface area contributed by atoms with E-state index in [-0.39, 0.29) is 29.7 Å². The van der Waals surface area contributed by atoms with Crippen molar-refractivity contribution >= 4 is 29.3 Å². The normalized spacial score (nSPS) is 17.4. The van der Waals surface area contributed by atoms with Gasteiger partial charge in [0, 0.05) is 17.4 Å². The molecule has 1 aromatic heterocycles. The standard InChI is InChI=1S/C13H11ClN4O2/c14-8-4-2-1-3-6(8)7-5-9(19)16-11-10(7)12(20)18-13(15)17-11/h1-4,7H,5H2,(H4,15,16,17,18,19,20). The average molecular weight is 291 g/mol. The van der Waals surface area contributed by atoms with Gasteiger partial charge in [-0.25, -0.2) is 0 Å². The SMILES string of the molecule is Nc1nc2c(c(=O)[nH]1)C(c1ccccc1Cl)CC(=O)N2. The summed E-state index contributed by atoms with van der Waals surface area (Å²) >= 11 is 6.17. The Kier molecular flexibility index (Phi) is 2.94. The van der Waals surface area contributed by atoms with Crippen LogP contribution in [0.4, 0.5) is 11.8 Å². The van der Waals surface area contributed by atoms with Crippen molar-refractivity contribution in [1.29, 1.82) is 0 Å². The number of nitrogens with two attached hydrogens (primary N) is 1. The first kappa shape index (κ1) is 12.7. The number of H-pyrrole nitrogens is 1. The van der Waals surface area contributed by atoms with E-state index >= 15 is 0 Å². The lowest BCUT2D eigenvalue weighted by Crippen LogP contribution is -2.31. The summed E-state index contributed by atoms with van der Waals surface area (Å²) < 4.78 is 0. The van der Waals surface area contributed by atoms with Crippen molar-refractivity contribution in [2.45, 2.75) is 12.3 Å². The van der Waals surface area contributed by atoms with Crippen LogP contribution in [0.2, 0.25) is 5.02 Å². The Labute approximate surface area is 119 Å². The molecule has 1 amide bonds. The number of halogens is 1. The van der Waals surface area contributed by atoms with Gasteiger partial charge in [-0.15, -0.1) is 0 Å². The van der Waals surface area contributed by atoms with E-state index < -0.39 is 5.92 Å². The monoisotopic (exact) mass is 290 g/mol. The first-order valence-corrected chi connectivity index (χ1v) is 6.38. The minimum atomic E-state index is -0.427. The van der Waals surface area contributed by atoms with E-state index in [0.29, 0.717) is 10.6 Å². The first-order chi connectivity index (χ1) is 9.56. The van der Waals surface area contributed by atoms with E-state index in [9.17, 15) is 9.59 Å². The lowest BCUT2D eigenvalue weighted by atomic mass is 9.87. The molecule has 1 aromatic carbocycles. The minimum Gasteiger partial charge on any atom is -0.369 e. The van der Waals surface area contributed by atoms with Crippen LogP contribution in [0, 0.1) is 0 Å². The van der Waals surface area contributed by atoms with Crippen LogP contribution in [0.3, 0.4) is 0 Å².